The minimum absolute atomic E-state index is 0.0429. The van der Waals surface area contributed by atoms with Gasteiger partial charge in [0.05, 0.1) is 12.6 Å². The highest BCUT2D eigenvalue weighted by atomic mass is 19.2. The Bertz CT molecular complexity index is 1360. The quantitative estimate of drug-likeness (QED) is 0.151. The number of nitrogens with two attached hydrogens (primary N) is 1. The number of aliphatic carboxylic acids is 1. The Morgan fingerprint density at radius 3 is 2.35 bits per heavy atom. The van der Waals surface area contributed by atoms with Crippen LogP contribution in [0, 0.1) is 23.4 Å². The van der Waals surface area contributed by atoms with Gasteiger partial charge in [0.15, 0.2) is 17.4 Å². The summed E-state index contributed by atoms with van der Waals surface area (Å²) in [7, 11) is 0. The zero-order valence-electron chi connectivity index (χ0n) is 26.3. The number of nitrogens with one attached hydrogen (secondary N) is 2. The molecule has 1 heterocycles. The highest BCUT2D eigenvalue weighted by molar-refractivity contribution is 5.96. The number of ether oxygens (including phenoxy) is 1. The molecular weight excluding hydrogens is 605 g/mol. The maximum absolute atomic E-state index is 14.0. The minimum Gasteiger partial charge on any atom is -0.480 e. The molecule has 46 heavy (non-hydrogen) atoms. The lowest BCUT2D eigenvalue weighted by Crippen LogP contribution is -2.54. The number of rotatable bonds is 17. The van der Waals surface area contributed by atoms with Gasteiger partial charge in [-0.25, -0.2) is 18.0 Å². The van der Waals surface area contributed by atoms with Gasteiger partial charge in [0, 0.05) is 62.2 Å². The highest BCUT2D eigenvalue weighted by Crippen LogP contribution is 2.23. The van der Waals surface area contributed by atoms with Crippen LogP contribution in [0.15, 0.2) is 42.5 Å². The van der Waals surface area contributed by atoms with Gasteiger partial charge in [-0.1, -0.05) is 44.2 Å². The standard InChI is InChI=1S/C33H43F3N4O6/c1-4-46-18-24(15-30(41)20-8-6-5-7-9-20)38-28(10-19(2)3)32(43)40-17-23(14-29(40)33(44)45)39-31(42)13-22(37)11-21-12-26(35)27(36)16-25(21)34/h5-9,12,16,19,22-24,28-29,38H,4,10-11,13-15,17-18,37H2,1-3H3,(H,39,42)(H,44,45)/t22-,23+,24?,28+,29+/m1/s1. The first-order chi connectivity index (χ1) is 21.8. The number of carbonyl (C=O) groups excluding carboxylic acids is 3. The number of carbonyl (C=O) groups is 4. The summed E-state index contributed by atoms with van der Waals surface area (Å²) in [6, 6.07) is 5.65. The Morgan fingerprint density at radius 1 is 1.04 bits per heavy atom. The van der Waals surface area contributed by atoms with E-state index in [1.165, 1.54) is 4.90 Å². The van der Waals surface area contributed by atoms with Gasteiger partial charge in [0.1, 0.15) is 11.9 Å². The van der Waals surface area contributed by atoms with Crippen LogP contribution < -0.4 is 16.4 Å². The predicted molar refractivity (Wildman–Crippen MR) is 164 cm³/mol. The number of halogens is 3. The van der Waals surface area contributed by atoms with Gasteiger partial charge in [-0.15, -0.1) is 0 Å². The number of hydrogen-bond acceptors (Lipinski definition) is 7. The third-order valence-electron chi connectivity index (χ3n) is 7.75. The molecule has 1 unspecified atom stereocenters. The summed E-state index contributed by atoms with van der Waals surface area (Å²) in [5, 5.41) is 15.9. The number of amides is 2. The van der Waals surface area contributed by atoms with Gasteiger partial charge in [-0.2, -0.15) is 0 Å². The molecule has 0 radical (unpaired) electrons. The molecule has 1 aliphatic rings. The van der Waals surface area contributed by atoms with Crippen molar-refractivity contribution in [3.63, 3.8) is 0 Å². The number of carboxylic acids is 1. The molecule has 0 bridgehead atoms. The van der Waals surface area contributed by atoms with E-state index in [4.69, 9.17) is 10.5 Å². The molecule has 0 aliphatic carbocycles. The molecule has 2 aromatic rings. The molecule has 1 saturated heterocycles. The maximum atomic E-state index is 14.0. The summed E-state index contributed by atoms with van der Waals surface area (Å²) < 4.78 is 46.4. The van der Waals surface area contributed by atoms with Crippen LogP contribution in [0.4, 0.5) is 13.2 Å². The maximum Gasteiger partial charge on any atom is 0.326 e. The Labute approximate surface area is 266 Å². The Hall–Kier alpha value is -3.81. The van der Waals surface area contributed by atoms with Crippen molar-refractivity contribution in [2.75, 3.05) is 19.8 Å². The molecule has 3 rings (SSSR count). The highest BCUT2D eigenvalue weighted by Gasteiger charge is 2.43. The molecular formula is C33H43F3N4O6. The van der Waals surface area contributed by atoms with Gasteiger partial charge in [0.25, 0.3) is 0 Å². The number of carboxylic acid groups (broad SMARTS) is 1. The van der Waals surface area contributed by atoms with Crippen LogP contribution >= 0.6 is 0 Å². The molecule has 5 atom stereocenters. The minimum atomic E-state index is -1.34. The predicted octanol–water partition coefficient (Wildman–Crippen LogP) is 3.22. The lowest BCUT2D eigenvalue weighted by atomic mass is 9.99. The van der Waals surface area contributed by atoms with Gasteiger partial charge < -0.3 is 31.1 Å². The first-order valence-corrected chi connectivity index (χ1v) is 15.4. The molecule has 1 fully saturated rings. The van der Waals surface area contributed by atoms with E-state index in [0.29, 0.717) is 30.7 Å². The van der Waals surface area contributed by atoms with E-state index in [9.17, 15) is 37.5 Å². The van der Waals surface area contributed by atoms with Gasteiger partial charge >= 0.3 is 5.97 Å². The van der Waals surface area contributed by atoms with Crippen molar-refractivity contribution >= 4 is 23.6 Å². The number of ketones is 1. The summed E-state index contributed by atoms with van der Waals surface area (Å²) in [5.41, 5.74) is 6.33. The smallest absolute Gasteiger partial charge is 0.326 e. The van der Waals surface area contributed by atoms with Crippen LogP contribution in [-0.4, -0.2) is 83.5 Å². The van der Waals surface area contributed by atoms with Crippen molar-refractivity contribution in [1.29, 1.82) is 0 Å². The zero-order valence-corrected chi connectivity index (χ0v) is 26.3. The number of likely N-dealkylation sites (tertiary alicyclic amines) is 1. The van der Waals surface area contributed by atoms with Crippen LogP contribution in [0.25, 0.3) is 0 Å². The first-order valence-electron chi connectivity index (χ1n) is 15.4. The number of nitrogens with zero attached hydrogens (tertiary/aromatic N) is 1. The number of hydrogen-bond donors (Lipinski definition) is 4. The zero-order chi connectivity index (χ0) is 34.0. The molecule has 0 aromatic heterocycles. The Morgan fingerprint density at radius 2 is 1.72 bits per heavy atom. The molecule has 2 aromatic carbocycles. The number of Topliss-reactive ketones (excluding diaryl/α,β-unsaturated/α-hetero) is 1. The van der Waals surface area contributed by atoms with Crippen LogP contribution in [0.1, 0.15) is 62.4 Å². The summed E-state index contributed by atoms with van der Waals surface area (Å²) in [4.78, 5) is 53.1. The van der Waals surface area contributed by atoms with Crippen LogP contribution in [0.2, 0.25) is 0 Å². The average molecular weight is 649 g/mol. The number of benzene rings is 2. The van der Waals surface area contributed by atoms with E-state index in [1.54, 1.807) is 30.3 Å². The second kappa shape index (κ2) is 17.2. The molecule has 0 spiro atoms. The van der Waals surface area contributed by atoms with Gasteiger partial charge in [-0.05, 0) is 37.3 Å². The monoisotopic (exact) mass is 648 g/mol. The molecule has 252 valence electrons. The molecule has 0 saturated carbocycles. The summed E-state index contributed by atoms with van der Waals surface area (Å²) in [6.07, 6.45) is -0.171. The third kappa shape index (κ3) is 10.6. The fraction of sp³-hybridized carbons (Fsp3) is 0.515. The van der Waals surface area contributed by atoms with E-state index in [-0.39, 0.29) is 56.1 Å². The molecule has 10 nitrogen and oxygen atoms in total. The van der Waals surface area contributed by atoms with Crippen molar-refractivity contribution in [3.8, 4) is 0 Å². The van der Waals surface area contributed by atoms with Crippen molar-refractivity contribution in [3.05, 3.63) is 71.0 Å². The molecule has 2 amide bonds. The van der Waals surface area contributed by atoms with E-state index < -0.39 is 65.4 Å². The molecule has 13 heteroatoms. The first kappa shape index (κ1) is 36.7. The normalized spacial score (nSPS) is 18.3. The van der Waals surface area contributed by atoms with E-state index in [2.05, 4.69) is 10.6 Å². The molecule has 1 aliphatic heterocycles. The van der Waals surface area contributed by atoms with Gasteiger partial charge in [-0.3, -0.25) is 14.4 Å². The van der Waals surface area contributed by atoms with Crippen molar-refractivity contribution in [1.82, 2.24) is 15.5 Å². The fourth-order valence-electron chi connectivity index (χ4n) is 5.61. The summed E-state index contributed by atoms with van der Waals surface area (Å²) in [6.45, 7) is 6.14. The van der Waals surface area contributed by atoms with E-state index in [1.807, 2.05) is 20.8 Å². The van der Waals surface area contributed by atoms with Crippen LogP contribution in [0.3, 0.4) is 0 Å². The van der Waals surface area contributed by atoms with Gasteiger partial charge in [0.2, 0.25) is 11.8 Å². The topological polar surface area (TPSA) is 151 Å². The van der Waals surface area contributed by atoms with Crippen LogP contribution in [0.5, 0.6) is 0 Å². The lowest BCUT2D eigenvalue weighted by Gasteiger charge is -2.31. The van der Waals surface area contributed by atoms with E-state index >= 15 is 0 Å². The average Bonchev–Trinajstić information content (AvgIpc) is 3.41. The second-order valence-corrected chi connectivity index (χ2v) is 12.1. The van der Waals surface area contributed by atoms with E-state index in [0.717, 1.165) is 0 Å². The van der Waals surface area contributed by atoms with Crippen LogP contribution in [-0.2, 0) is 25.5 Å². The summed E-state index contributed by atoms with van der Waals surface area (Å²) in [5.74, 6) is -5.92. The summed E-state index contributed by atoms with van der Waals surface area (Å²) >= 11 is 0. The van der Waals surface area contributed by atoms with Crippen molar-refractivity contribution < 1.29 is 42.2 Å². The van der Waals surface area contributed by atoms with Crippen molar-refractivity contribution in [2.45, 2.75) is 83.1 Å². The Balaban J connectivity index is 1.68. The molecule has 5 N–H and O–H groups in total. The largest absolute Gasteiger partial charge is 0.480 e. The van der Waals surface area contributed by atoms with Crippen molar-refractivity contribution in [2.24, 2.45) is 11.7 Å². The Kier molecular flexibility index (Phi) is 13.7. The SMILES string of the molecule is CCOCC(CC(=O)c1ccccc1)N[C@@H](CC(C)C)C(=O)N1C[C@@H](NC(=O)C[C@H](N)Cc2cc(F)c(F)cc2F)C[C@H]1C(=O)O. The third-order valence-corrected chi connectivity index (χ3v) is 7.75. The second-order valence-electron chi connectivity index (χ2n) is 12.1. The lowest BCUT2D eigenvalue weighted by molar-refractivity contribution is -0.149. The fourth-order valence-corrected chi connectivity index (χ4v) is 5.61.